The highest BCUT2D eigenvalue weighted by Gasteiger charge is 2.28. The Morgan fingerprint density at radius 2 is 2.11 bits per heavy atom. The predicted molar refractivity (Wildman–Crippen MR) is 77.8 cm³/mol. The second-order valence-corrected chi connectivity index (χ2v) is 5.59. The molecule has 0 radical (unpaired) electrons. The molecule has 1 N–H and O–H groups in total. The zero-order chi connectivity index (χ0) is 13.1. The summed E-state index contributed by atoms with van der Waals surface area (Å²) >= 11 is 0. The van der Waals surface area contributed by atoms with Crippen molar-refractivity contribution in [2.75, 3.05) is 13.1 Å². The predicted octanol–water partition coefficient (Wildman–Crippen LogP) is 3.13. The Morgan fingerprint density at radius 3 is 2.78 bits per heavy atom. The molecule has 0 saturated carbocycles. The zero-order valence-corrected chi connectivity index (χ0v) is 12.1. The maximum Gasteiger partial charge on any atom is 0.0326 e. The van der Waals surface area contributed by atoms with E-state index in [0.717, 1.165) is 13.1 Å². The van der Waals surface area contributed by atoms with Crippen LogP contribution in [0.1, 0.15) is 44.4 Å². The van der Waals surface area contributed by atoms with Gasteiger partial charge in [-0.2, -0.15) is 0 Å². The summed E-state index contributed by atoms with van der Waals surface area (Å²) in [7, 11) is 0. The van der Waals surface area contributed by atoms with Crippen molar-refractivity contribution in [3.63, 3.8) is 0 Å². The van der Waals surface area contributed by atoms with Gasteiger partial charge in [0.2, 0.25) is 0 Å². The first-order valence-electron chi connectivity index (χ1n) is 7.18. The van der Waals surface area contributed by atoms with Gasteiger partial charge < -0.3 is 5.32 Å². The molecule has 1 heterocycles. The van der Waals surface area contributed by atoms with E-state index in [1.165, 1.54) is 17.5 Å². The molecule has 18 heavy (non-hydrogen) atoms. The fourth-order valence-corrected chi connectivity index (χ4v) is 3.00. The highest BCUT2D eigenvalue weighted by atomic mass is 15.2. The topological polar surface area (TPSA) is 15.3 Å². The normalized spacial score (nSPS) is 27.1. The molecule has 3 unspecified atom stereocenters. The molecule has 100 valence electrons. The van der Waals surface area contributed by atoms with Crippen molar-refractivity contribution in [3.05, 3.63) is 35.4 Å². The monoisotopic (exact) mass is 246 g/mol. The van der Waals surface area contributed by atoms with Gasteiger partial charge in [-0.15, -0.1) is 0 Å². The van der Waals surface area contributed by atoms with E-state index in [1.807, 2.05) is 0 Å². The van der Waals surface area contributed by atoms with E-state index in [9.17, 15) is 0 Å². The summed E-state index contributed by atoms with van der Waals surface area (Å²) in [5, 5.41) is 3.63. The van der Waals surface area contributed by atoms with Crippen molar-refractivity contribution in [1.29, 1.82) is 0 Å². The molecule has 1 aliphatic heterocycles. The Morgan fingerprint density at radius 1 is 1.39 bits per heavy atom. The number of rotatable bonds is 3. The lowest BCUT2D eigenvalue weighted by Crippen LogP contribution is -2.55. The van der Waals surface area contributed by atoms with Crippen LogP contribution in [0.3, 0.4) is 0 Å². The molecule has 1 aromatic carbocycles. The lowest BCUT2D eigenvalue weighted by molar-refractivity contribution is 0.0972. The summed E-state index contributed by atoms with van der Waals surface area (Å²) in [6.07, 6.45) is 1.21. The molecule has 0 spiro atoms. The van der Waals surface area contributed by atoms with Crippen LogP contribution in [0.15, 0.2) is 24.3 Å². The summed E-state index contributed by atoms with van der Waals surface area (Å²) in [5.74, 6) is 0. The van der Waals surface area contributed by atoms with E-state index in [2.05, 4.69) is 62.2 Å². The number of hydrogen-bond acceptors (Lipinski definition) is 2. The second-order valence-electron chi connectivity index (χ2n) is 5.59. The van der Waals surface area contributed by atoms with Gasteiger partial charge in [0.25, 0.3) is 0 Å². The van der Waals surface area contributed by atoms with Crippen LogP contribution < -0.4 is 5.32 Å². The van der Waals surface area contributed by atoms with Gasteiger partial charge >= 0.3 is 0 Å². The number of nitrogens with zero attached hydrogens (tertiary/aromatic N) is 1. The lowest BCUT2D eigenvalue weighted by Gasteiger charge is -2.42. The number of aryl methyl sites for hydroxylation is 1. The average Bonchev–Trinajstić information content (AvgIpc) is 2.39. The van der Waals surface area contributed by atoms with E-state index in [1.54, 1.807) is 0 Å². The number of benzene rings is 1. The average molecular weight is 246 g/mol. The maximum absolute atomic E-state index is 3.63. The third-order valence-corrected chi connectivity index (χ3v) is 4.33. The molecule has 1 aliphatic rings. The van der Waals surface area contributed by atoms with E-state index >= 15 is 0 Å². The van der Waals surface area contributed by atoms with Crippen molar-refractivity contribution in [2.24, 2.45) is 0 Å². The standard InChI is InChI=1S/C16H26N2/c1-5-15-11-18(13(3)10-17-15)14(4)16-9-7-6-8-12(16)2/h6-9,13-15,17H,5,10-11H2,1-4H3. The molecule has 0 bridgehead atoms. The maximum atomic E-state index is 3.63. The van der Waals surface area contributed by atoms with E-state index in [0.29, 0.717) is 18.1 Å². The summed E-state index contributed by atoms with van der Waals surface area (Å²) in [4.78, 5) is 2.65. The van der Waals surface area contributed by atoms with E-state index in [4.69, 9.17) is 0 Å². The molecular formula is C16H26N2. The minimum Gasteiger partial charge on any atom is -0.311 e. The number of piperazine rings is 1. The first-order valence-corrected chi connectivity index (χ1v) is 7.18. The molecule has 0 aromatic heterocycles. The van der Waals surface area contributed by atoms with Crippen LogP contribution in [0.4, 0.5) is 0 Å². The summed E-state index contributed by atoms with van der Waals surface area (Å²) in [6, 6.07) is 10.5. The van der Waals surface area contributed by atoms with Crippen LogP contribution in [0.25, 0.3) is 0 Å². The highest BCUT2D eigenvalue weighted by molar-refractivity contribution is 5.28. The lowest BCUT2D eigenvalue weighted by atomic mass is 9.97. The fraction of sp³-hybridized carbons (Fsp3) is 0.625. The van der Waals surface area contributed by atoms with Crippen LogP contribution in [0, 0.1) is 6.92 Å². The van der Waals surface area contributed by atoms with Crippen LogP contribution in [0.2, 0.25) is 0 Å². The summed E-state index contributed by atoms with van der Waals surface area (Å²) < 4.78 is 0. The van der Waals surface area contributed by atoms with Crippen molar-refractivity contribution < 1.29 is 0 Å². The molecule has 1 fully saturated rings. The Balaban J connectivity index is 2.16. The molecule has 0 amide bonds. The molecule has 2 rings (SSSR count). The van der Waals surface area contributed by atoms with Gasteiger partial charge in [-0.05, 0) is 38.3 Å². The zero-order valence-electron chi connectivity index (χ0n) is 12.1. The van der Waals surface area contributed by atoms with Crippen LogP contribution >= 0.6 is 0 Å². The minimum absolute atomic E-state index is 0.511. The van der Waals surface area contributed by atoms with Crippen LogP contribution in [-0.4, -0.2) is 30.1 Å². The Bertz CT molecular complexity index is 388. The smallest absolute Gasteiger partial charge is 0.0326 e. The van der Waals surface area contributed by atoms with Gasteiger partial charge in [-0.1, -0.05) is 31.2 Å². The van der Waals surface area contributed by atoms with E-state index < -0.39 is 0 Å². The number of nitrogens with one attached hydrogen (secondary N) is 1. The fourth-order valence-electron chi connectivity index (χ4n) is 3.00. The Hall–Kier alpha value is -0.860. The molecule has 1 saturated heterocycles. The van der Waals surface area contributed by atoms with Gasteiger partial charge in [0.1, 0.15) is 0 Å². The van der Waals surface area contributed by atoms with Crippen molar-refractivity contribution in [3.8, 4) is 0 Å². The first-order chi connectivity index (χ1) is 8.63. The molecular weight excluding hydrogens is 220 g/mol. The Kier molecular flexibility index (Phi) is 4.41. The van der Waals surface area contributed by atoms with Gasteiger partial charge in [0, 0.05) is 31.2 Å². The highest BCUT2D eigenvalue weighted by Crippen LogP contribution is 2.27. The molecule has 0 aliphatic carbocycles. The van der Waals surface area contributed by atoms with Crippen LogP contribution in [0.5, 0.6) is 0 Å². The summed E-state index contributed by atoms with van der Waals surface area (Å²) in [6.45, 7) is 11.4. The second kappa shape index (κ2) is 5.85. The molecule has 3 atom stereocenters. The quantitative estimate of drug-likeness (QED) is 0.881. The van der Waals surface area contributed by atoms with Crippen molar-refractivity contribution >= 4 is 0 Å². The summed E-state index contributed by atoms with van der Waals surface area (Å²) in [5.41, 5.74) is 2.88. The Labute approximate surface area is 111 Å². The van der Waals surface area contributed by atoms with Gasteiger partial charge in [0.15, 0.2) is 0 Å². The van der Waals surface area contributed by atoms with Crippen molar-refractivity contribution in [2.45, 2.75) is 52.2 Å². The third-order valence-electron chi connectivity index (χ3n) is 4.33. The molecule has 2 heteroatoms. The van der Waals surface area contributed by atoms with E-state index in [-0.39, 0.29) is 0 Å². The number of hydrogen-bond donors (Lipinski definition) is 1. The van der Waals surface area contributed by atoms with Gasteiger partial charge in [-0.3, -0.25) is 4.90 Å². The van der Waals surface area contributed by atoms with Crippen molar-refractivity contribution in [1.82, 2.24) is 10.2 Å². The molecule has 2 nitrogen and oxygen atoms in total. The molecule has 1 aromatic rings. The largest absolute Gasteiger partial charge is 0.311 e. The van der Waals surface area contributed by atoms with Gasteiger partial charge in [-0.25, -0.2) is 0 Å². The SMILES string of the molecule is CCC1CN(C(C)c2ccccc2C)C(C)CN1. The first kappa shape index (κ1) is 13.6. The van der Waals surface area contributed by atoms with Gasteiger partial charge in [0.05, 0.1) is 0 Å². The minimum atomic E-state index is 0.511. The van der Waals surface area contributed by atoms with Crippen LogP contribution in [-0.2, 0) is 0 Å². The third kappa shape index (κ3) is 2.76.